The molecule has 2 fully saturated rings. The molecule has 148 valence electrons. The number of anilines is 2. The quantitative estimate of drug-likeness (QED) is 0.729. The van der Waals surface area contributed by atoms with Gasteiger partial charge in [0.1, 0.15) is 0 Å². The molecule has 0 spiro atoms. The van der Waals surface area contributed by atoms with Gasteiger partial charge in [-0.2, -0.15) is 5.10 Å². The van der Waals surface area contributed by atoms with E-state index in [1.54, 1.807) is 11.8 Å². The highest BCUT2D eigenvalue weighted by molar-refractivity contribution is 7.98. The van der Waals surface area contributed by atoms with Crippen molar-refractivity contribution >= 4 is 29.2 Å². The van der Waals surface area contributed by atoms with Gasteiger partial charge in [0.05, 0.1) is 25.1 Å². The summed E-state index contributed by atoms with van der Waals surface area (Å²) >= 11 is 1.68. The lowest BCUT2D eigenvalue weighted by atomic mass is 10.2. The van der Waals surface area contributed by atoms with Crippen LogP contribution in [0.2, 0.25) is 0 Å². The SMILES string of the molecule is CSc1ccc(C(=O)N2CCN(c3cc(N4CCOCC4)cnn3)CC2)cc1. The van der Waals surface area contributed by atoms with Crippen LogP contribution in [-0.2, 0) is 4.74 Å². The van der Waals surface area contributed by atoms with Gasteiger partial charge in [-0.05, 0) is 30.5 Å². The molecule has 0 bridgehead atoms. The molecule has 2 saturated heterocycles. The van der Waals surface area contributed by atoms with Crippen molar-refractivity contribution < 1.29 is 9.53 Å². The molecule has 1 amide bonds. The Kier molecular flexibility index (Phi) is 5.97. The van der Waals surface area contributed by atoms with Crippen LogP contribution >= 0.6 is 11.8 Å². The summed E-state index contributed by atoms with van der Waals surface area (Å²) in [7, 11) is 0. The van der Waals surface area contributed by atoms with E-state index in [0.29, 0.717) is 13.1 Å². The summed E-state index contributed by atoms with van der Waals surface area (Å²) in [6.07, 6.45) is 3.85. The van der Waals surface area contributed by atoms with Gasteiger partial charge in [0.15, 0.2) is 5.82 Å². The molecule has 0 N–H and O–H groups in total. The van der Waals surface area contributed by atoms with Gasteiger partial charge in [-0.1, -0.05) is 0 Å². The Morgan fingerprint density at radius 3 is 2.39 bits per heavy atom. The van der Waals surface area contributed by atoms with Crippen molar-refractivity contribution in [3.05, 3.63) is 42.1 Å². The Hall–Kier alpha value is -2.32. The third-order valence-corrected chi connectivity index (χ3v) is 5.97. The lowest BCUT2D eigenvalue weighted by Gasteiger charge is -2.36. The topological polar surface area (TPSA) is 61.8 Å². The van der Waals surface area contributed by atoms with Gasteiger partial charge in [-0.3, -0.25) is 4.79 Å². The predicted octanol–water partition coefficient (Wildman–Crippen LogP) is 2.00. The number of thioether (sulfide) groups is 1. The minimum absolute atomic E-state index is 0.0976. The zero-order valence-electron chi connectivity index (χ0n) is 16.1. The van der Waals surface area contributed by atoms with E-state index in [4.69, 9.17) is 4.74 Å². The van der Waals surface area contributed by atoms with Crippen LogP contribution in [0, 0.1) is 0 Å². The first-order valence-corrected chi connectivity index (χ1v) is 10.8. The fraction of sp³-hybridized carbons (Fsp3) is 0.450. The van der Waals surface area contributed by atoms with Crippen molar-refractivity contribution in [2.24, 2.45) is 0 Å². The van der Waals surface area contributed by atoms with Crippen LogP contribution in [-0.4, -0.2) is 79.7 Å². The summed E-state index contributed by atoms with van der Waals surface area (Å²) in [5, 5.41) is 8.51. The first-order valence-electron chi connectivity index (χ1n) is 9.58. The van der Waals surface area contributed by atoms with E-state index in [1.807, 2.05) is 41.6 Å². The van der Waals surface area contributed by atoms with Crippen LogP contribution in [0.25, 0.3) is 0 Å². The molecule has 0 unspecified atom stereocenters. The summed E-state index contributed by atoms with van der Waals surface area (Å²) in [6, 6.07) is 9.92. The molecule has 0 saturated carbocycles. The van der Waals surface area contributed by atoms with Crippen molar-refractivity contribution in [1.29, 1.82) is 0 Å². The fourth-order valence-electron chi connectivity index (χ4n) is 3.55. The van der Waals surface area contributed by atoms with E-state index in [1.165, 1.54) is 4.90 Å². The van der Waals surface area contributed by atoms with Crippen molar-refractivity contribution in [3.8, 4) is 0 Å². The Morgan fingerprint density at radius 1 is 1.00 bits per heavy atom. The second kappa shape index (κ2) is 8.79. The third kappa shape index (κ3) is 4.23. The number of carbonyl (C=O) groups excluding carboxylic acids is 1. The highest BCUT2D eigenvalue weighted by Gasteiger charge is 2.23. The minimum Gasteiger partial charge on any atom is -0.378 e. The number of benzene rings is 1. The number of amides is 1. The Morgan fingerprint density at radius 2 is 1.71 bits per heavy atom. The van der Waals surface area contributed by atoms with Gasteiger partial charge in [0, 0.05) is 55.8 Å². The van der Waals surface area contributed by atoms with Crippen LogP contribution < -0.4 is 9.80 Å². The Labute approximate surface area is 169 Å². The Bertz CT molecular complexity index is 802. The molecular weight excluding hydrogens is 374 g/mol. The van der Waals surface area contributed by atoms with E-state index < -0.39 is 0 Å². The number of morpholine rings is 1. The smallest absolute Gasteiger partial charge is 0.253 e. The van der Waals surface area contributed by atoms with E-state index in [9.17, 15) is 4.79 Å². The highest BCUT2D eigenvalue weighted by atomic mass is 32.2. The molecule has 7 nitrogen and oxygen atoms in total. The first-order chi connectivity index (χ1) is 13.7. The van der Waals surface area contributed by atoms with Crippen LogP contribution in [0.1, 0.15) is 10.4 Å². The highest BCUT2D eigenvalue weighted by Crippen LogP contribution is 2.22. The fourth-order valence-corrected chi connectivity index (χ4v) is 3.96. The zero-order chi connectivity index (χ0) is 19.3. The first kappa shape index (κ1) is 19.0. The van der Waals surface area contributed by atoms with Gasteiger partial charge < -0.3 is 19.4 Å². The maximum absolute atomic E-state index is 12.8. The number of nitrogens with zero attached hydrogens (tertiary/aromatic N) is 5. The molecule has 28 heavy (non-hydrogen) atoms. The second-order valence-electron chi connectivity index (χ2n) is 6.88. The summed E-state index contributed by atoms with van der Waals surface area (Å²) in [5.74, 6) is 0.973. The van der Waals surface area contributed by atoms with Crippen molar-refractivity contribution in [1.82, 2.24) is 15.1 Å². The standard InChI is InChI=1S/C20H25N5O2S/c1-28-18-4-2-16(3-5-18)20(26)25-8-6-24(7-9-25)19-14-17(15-21-22-19)23-10-12-27-13-11-23/h2-5,14-15H,6-13H2,1H3. The van der Waals surface area contributed by atoms with E-state index >= 15 is 0 Å². The van der Waals surface area contributed by atoms with Crippen molar-refractivity contribution in [3.63, 3.8) is 0 Å². The van der Waals surface area contributed by atoms with Gasteiger partial charge in [-0.15, -0.1) is 16.9 Å². The number of hydrogen-bond acceptors (Lipinski definition) is 7. The van der Waals surface area contributed by atoms with Crippen LogP contribution in [0.3, 0.4) is 0 Å². The average molecular weight is 400 g/mol. The second-order valence-corrected chi connectivity index (χ2v) is 7.76. The van der Waals surface area contributed by atoms with E-state index in [-0.39, 0.29) is 5.91 Å². The molecule has 4 rings (SSSR count). The number of rotatable bonds is 4. The maximum atomic E-state index is 12.8. The molecule has 2 aliphatic rings. The number of piperazine rings is 1. The summed E-state index contributed by atoms with van der Waals surface area (Å²) in [4.78, 5) is 20.3. The molecule has 2 aromatic rings. The number of ether oxygens (including phenoxy) is 1. The van der Waals surface area contributed by atoms with Gasteiger partial charge in [0.2, 0.25) is 0 Å². The molecule has 1 aromatic heterocycles. The molecular formula is C20H25N5O2S. The predicted molar refractivity (Wildman–Crippen MR) is 111 cm³/mol. The van der Waals surface area contributed by atoms with Gasteiger partial charge in [0.25, 0.3) is 5.91 Å². The molecule has 0 aliphatic carbocycles. The monoisotopic (exact) mass is 399 g/mol. The van der Waals surface area contributed by atoms with Crippen molar-refractivity contribution in [2.75, 3.05) is 68.5 Å². The van der Waals surface area contributed by atoms with Gasteiger partial charge in [-0.25, -0.2) is 0 Å². The summed E-state index contributed by atoms with van der Waals surface area (Å²) in [5.41, 5.74) is 1.83. The largest absolute Gasteiger partial charge is 0.378 e. The Balaban J connectivity index is 1.37. The zero-order valence-corrected chi connectivity index (χ0v) is 16.9. The normalized spacial score (nSPS) is 17.7. The number of aromatic nitrogens is 2. The van der Waals surface area contributed by atoms with Crippen molar-refractivity contribution in [2.45, 2.75) is 4.90 Å². The summed E-state index contributed by atoms with van der Waals surface area (Å²) in [6.45, 7) is 6.14. The third-order valence-electron chi connectivity index (χ3n) is 5.23. The summed E-state index contributed by atoms with van der Waals surface area (Å²) < 4.78 is 5.42. The van der Waals surface area contributed by atoms with Crippen LogP contribution in [0.15, 0.2) is 41.4 Å². The molecule has 0 radical (unpaired) electrons. The number of hydrogen-bond donors (Lipinski definition) is 0. The number of carbonyl (C=O) groups is 1. The van der Waals surface area contributed by atoms with Crippen LogP contribution in [0.5, 0.6) is 0 Å². The maximum Gasteiger partial charge on any atom is 0.253 e. The molecule has 0 atom stereocenters. The van der Waals surface area contributed by atoms with Crippen LogP contribution in [0.4, 0.5) is 11.5 Å². The molecule has 2 aliphatic heterocycles. The van der Waals surface area contributed by atoms with E-state index in [2.05, 4.69) is 26.1 Å². The average Bonchev–Trinajstić information content (AvgIpc) is 2.79. The lowest BCUT2D eigenvalue weighted by Crippen LogP contribution is -2.49. The molecule has 3 heterocycles. The lowest BCUT2D eigenvalue weighted by molar-refractivity contribution is 0.0746. The van der Waals surface area contributed by atoms with E-state index in [0.717, 1.165) is 56.5 Å². The van der Waals surface area contributed by atoms with Gasteiger partial charge >= 0.3 is 0 Å². The molecule has 8 heteroatoms. The molecule has 1 aromatic carbocycles. The minimum atomic E-state index is 0.0976.